The molecule has 3 aromatic rings. The molecule has 0 bridgehead atoms. The molecule has 1 heterocycles. The fraction of sp³-hybridized carbons (Fsp3) is 0.240. The van der Waals surface area contributed by atoms with Gasteiger partial charge in [-0.05, 0) is 66.3 Å². The van der Waals surface area contributed by atoms with Crippen LogP contribution in [0.3, 0.4) is 0 Å². The van der Waals surface area contributed by atoms with E-state index in [0.717, 1.165) is 24.0 Å². The van der Waals surface area contributed by atoms with Crippen molar-refractivity contribution in [1.29, 1.82) is 0 Å². The third kappa shape index (κ3) is 4.86. The van der Waals surface area contributed by atoms with Crippen LogP contribution in [0.2, 0.25) is 0 Å². The van der Waals surface area contributed by atoms with Crippen LogP contribution in [-0.2, 0) is 10.0 Å². The first-order valence-corrected chi connectivity index (χ1v) is 11.9. The van der Waals surface area contributed by atoms with E-state index in [-0.39, 0.29) is 10.8 Å². The lowest BCUT2D eigenvalue weighted by Crippen LogP contribution is -2.37. The highest BCUT2D eigenvalue weighted by Crippen LogP contribution is 2.25. The van der Waals surface area contributed by atoms with E-state index in [2.05, 4.69) is 12.2 Å². The van der Waals surface area contributed by atoms with Gasteiger partial charge in [-0.25, -0.2) is 8.42 Å². The van der Waals surface area contributed by atoms with Crippen LogP contribution < -0.4 is 5.32 Å². The predicted molar refractivity (Wildman–Crippen MR) is 123 cm³/mol. The lowest BCUT2D eigenvalue weighted by molar-refractivity contribution is 0.102. The molecule has 0 aliphatic carbocycles. The van der Waals surface area contributed by atoms with Gasteiger partial charge in [0.15, 0.2) is 0 Å². The van der Waals surface area contributed by atoms with Gasteiger partial charge >= 0.3 is 0 Å². The molecule has 6 heteroatoms. The van der Waals surface area contributed by atoms with Gasteiger partial charge in [-0.3, -0.25) is 4.79 Å². The number of nitrogens with one attached hydrogen (secondary N) is 1. The number of sulfonamides is 1. The summed E-state index contributed by atoms with van der Waals surface area (Å²) >= 11 is 0. The summed E-state index contributed by atoms with van der Waals surface area (Å²) < 4.78 is 27.2. The Balaban J connectivity index is 1.42. The maximum Gasteiger partial charge on any atom is 0.255 e. The van der Waals surface area contributed by atoms with Gasteiger partial charge in [-0.15, -0.1) is 0 Å². The fourth-order valence-corrected chi connectivity index (χ4v) is 5.20. The van der Waals surface area contributed by atoms with Gasteiger partial charge in [0.05, 0.1) is 4.90 Å². The van der Waals surface area contributed by atoms with Crippen LogP contribution in [0.15, 0.2) is 83.8 Å². The first-order valence-electron chi connectivity index (χ1n) is 10.5. The molecule has 0 radical (unpaired) electrons. The highest BCUT2D eigenvalue weighted by atomic mass is 32.2. The van der Waals surface area contributed by atoms with E-state index in [1.807, 2.05) is 42.5 Å². The second kappa shape index (κ2) is 9.04. The van der Waals surface area contributed by atoms with Crippen LogP contribution in [0.5, 0.6) is 0 Å². The van der Waals surface area contributed by atoms with Crippen molar-refractivity contribution in [1.82, 2.24) is 4.31 Å². The monoisotopic (exact) mass is 434 g/mol. The van der Waals surface area contributed by atoms with Crippen molar-refractivity contribution in [2.24, 2.45) is 5.92 Å². The molecule has 1 N–H and O–H groups in total. The number of hydrogen-bond donors (Lipinski definition) is 1. The van der Waals surface area contributed by atoms with Gasteiger partial charge in [0.25, 0.3) is 5.91 Å². The van der Waals surface area contributed by atoms with Crippen molar-refractivity contribution < 1.29 is 13.2 Å². The lowest BCUT2D eigenvalue weighted by atomic mass is 10.0. The van der Waals surface area contributed by atoms with Crippen molar-refractivity contribution in [3.05, 3.63) is 84.4 Å². The Morgan fingerprint density at radius 2 is 1.42 bits per heavy atom. The minimum atomic E-state index is -3.49. The summed E-state index contributed by atoms with van der Waals surface area (Å²) in [4.78, 5) is 12.8. The van der Waals surface area contributed by atoms with Crippen molar-refractivity contribution in [2.75, 3.05) is 18.4 Å². The molecular weight excluding hydrogens is 408 g/mol. The SMILES string of the molecule is CC1CCN(S(=O)(=O)c2ccc(NC(=O)c3ccc(-c4ccccc4)cc3)cc2)CC1. The van der Waals surface area contributed by atoms with Gasteiger partial charge in [-0.2, -0.15) is 4.31 Å². The molecule has 4 rings (SSSR count). The van der Waals surface area contributed by atoms with E-state index in [0.29, 0.717) is 30.3 Å². The fourth-order valence-electron chi connectivity index (χ4n) is 3.73. The quantitative estimate of drug-likeness (QED) is 0.613. The molecule has 0 spiro atoms. The van der Waals surface area contributed by atoms with E-state index in [1.165, 1.54) is 0 Å². The summed E-state index contributed by atoms with van der Waals surface area (Å²) in [5, 5.41) is 2.83. The molecule has 0 saturated carbocycles. The number of amides is 1. The van der Waals surface area contributed by atoms with Crippen molar-refractivity contribution in [3.8, 4) is 11.1 Å². The number of piperidine rings is 1. The second-order valence-electron chi connectivity index (χ2n) is 8.01. The molecule has 31 heavy (non-hydrogen) atoms. The maximum absolute atomic E-state index is 12.8. The molecule has 0 aromatic heterocycles. The largest absolute Gasteiger partial charge is 0.322 e. The summed E-state index contributed by atoms with van der Waals surface area (Å²) in [6, 6.07) is 23.8. The Bertz CT molecular complexity index is 1130. The average molecular weight is 435 g/mol. The van der Waals surface area contributed by atoms with Gasteiger partial charge in [-0.1, -0.05) is 49.4 Å². The number of anilines is 1. The number of rotatable bonds is 5. The Labute approximate surface area is 183 Å². The normalized spacial score (nSPS) is 15.5. The molecule has 160 valence electrons. The van der Waals surface area contributed by atoms with Gasteiger partial charge in [0.1, 0.15) is 0 Å². The van der Waals surface area contributed by atoms with Gasteiger partial charge < -0.3 is 5.32 Å². The van der Waals surface area contributed by atoms with Crippen LogP contribution >= 0.6 is 0 Å². The Hall–Kier alpha value is -2.96. The molecule has 0 atom stereocenters. The summed E-state index contributed by atoms with van der Waals surface area (Å²) in [5.41, 5.74) is 3.23. The van der Waals surface area contributed by atoms with E-state index in [4.69, 9.17) is 0 Å². The average Bonchev–Trinajstić information content (AvgIpc) is 2.80. The first kappa shape index (κ1) is 21.3. The highest BCUT2D eigenvalue weighted by Gasteiger charge is 2.27. The maximum atomic E-state index is 12.8. The summed E-state index contributed by atoms with van der Waals surface area (Å²) in [5.74, 6) is 0.325. The predicted octanol–water partition coefficient (Wildman–Crippen LogP) is 5.03. The molecule has 1 fully saturated rings. The molecular formula is C25H26N2O3S. The van der Waals surface area contributed by atoms with Crippen molar-refractivity contribution >= 4 is 21.6 Å². The number of carbonyl (C=O) groups excluding carboxylic acids is 1. The summed E-state index contributed by atoms with van der Waals surface area (Å²) in [6.07, 6.45) is 1.77. The van der Waals surface area contributed by atoms with E-state index in [9.17, 15) is 13.2 Å². The Morgan fingerprint density at radius 3 is 2.03 bits per heavy atom. The molecule has 1 aliphatic rings. The molecule has 5 nitrogen and oxygen atoms in total. The minimum Gasteiger partial charge on any atom is -0.322 e. The van der Waals surface area contributed by atoms with E-state index >= 15 is 0 Å². The third-order valence-electron chi connectivity index (χ3n) is 5.75. The number of hydrogen-bond acceptors (Lipinski definition) is 3. The van der Waals surface area contributed by atoms with Crippen LogP contribution in [-0.4, -0.2) is 31.7 Å². The zero-order chi connectivity index (χ0) is 21.8. The summed E-state index contributed by atoms with van der Waals surface area (Å²) in [6.45, 7) is 3.26. The highest BCUT2D eigenvalue weighted by molar-refractivity contribution is 7.89. The third-order valence-corrected chi connectivity index (χ3v) is 7.66. The Morgan fingerprint density at radius 1 is 0.839 bits per heavy atom. The number of benzene rings is 3. The van der Waals surface area contributed by atoms with Crippen molar-refractivity contribution in [3.63, 3.8) is 0 Å². The number of nitrogens with zero attached hydrogens (tertiary/aromatic N) is 1. The zero-order valence-corrected chi connectivity index (χ0v) is 18.3. The van der Waals surface area contributed by atoms with Crippen molar-refractivity contribution in [2.45, 2.75) is 24.7 Å². The van der Waals surface area contributed by atoms with Crippen LogP contribution in [0, 0.1) is 5.92 Å². The van der Waals surface area contributed by atoms with Gasteiger partial charge in [0, 0.05) is 24.3 Å². The zero-order valence-electron chi connectivity index (χ0n) is 17.5. The molecule has 1 aliphatic heterocycles. The van der Waals surface area contributed by atoms with Crippen LogP contribution in [0.1, 0.15) is 30.1 Å². The molecule has 0 unspecified atom stereocenters. The summed E-state index contributed by atoms with van der Waals surface area (Å²) in [7, 11) is -3.49. The molecule has 3 aromatic carbocycles. The topological polar surface area (TPSA) is 66.5 Å². The minimum absolute atomic E-state index is 0.236. The standard InChI is InChI=1S/C25H26N2O3S/c1-19-15-17-27(18-16-19)31(29,30)24-13-11-23(12-14-24)26-25(28)22-9-7-21(8-10-22)20-5-3-2-4-6-20/h2-14,19H,15-18H2,1H3,(H,26,28). The number of carbonyl (C=O) groups is 1. The van der Waals surface area contributed by atoms with Gasteiger partial charge in [0.2, 0.25) is 10.0 Å². The Kier molecular flexibility index (Phi) is 6.20. The lowest BCUT2D eigenvalue weighted by Gasteiger charge is -2.29. The molecule has 1 saturated heterocycles. The smallest absolute Gasteiger partial charge is 0.255 e. The first-order chi connectivity index (χ1) is 14.9. The van der Waals surface area contributed by atoms with E-state index in [1.54, 1.807) is 40.7 Å². The second-order valence-corrected chi connectivity index (χ2v) is 9.95. The van der Waals surface area contributed by atoms with Crippen LogP contribution in [0.4, 0.5) is 5.69 Å². The van der Waals surface area contributed by atoms with Crippen LogP contribution in [0.25, 0.3) is 11.1 Å². The molecule has 1 amide bonds. The van der Waals surface area contributed by atoms with E-state index < -0.39 is 10.0 Å².